The molecule has 0 bridgehead atoms. The summed E-state index contributed by atoms with van der Waals surface area (Å²) in [5, 5.41) is 15.8. The Morgan fingerprint density at radius 1 is 0.964 bits per heavy atom. The lowest BCUT2D eigenvalue weighted by molar-refractivity contribution is 0.102. The largest absolute Gasteiger partial charge is 0.334 e. The Kier molecular flexibility index (Phi) is 4.64. The lowest BCUT2D eigenvalue weighted by Crippen LogP contribution is -2.13. The minimum absolute atomic E-state index is 0.260. The normalized spacial score (nSPS) is 10.2. The van der Waals surface area contributed by atoms with E-state index < -0.39 is 0 Å². The molecule has 0 aliphatic rings. The van der Waals surface area contributed by atoms with Crippen molar-refractivity contribution in [1.82, 2.24) is 10.1 Å². The number of aromatic nitrogens is 2. The van der Waals surface area contributed by atoms with Crippen LogP contribution in [0.2, 0.25) is 0 Å². The van der Waals surface area contributed by atoms with Gasteiger partial charge in [-0.3, -0.25) is 4.79 Å². The van der Waals surface area contributed by atoms with Crippen molar-refractivity contribution < 1.29 is 9.32 Å². The molecule has 4 aromatic rings. The Hall–Kier alpha value is -4.24. The van der Waals surface area contributed by atoms with Crippen LogP contribution in [0.15, 0.2) is 83.4 Å². The molecule has 0 fully saturated rings. The number of nitrogens with one attached hydrogen (secondary N) is 1. The number of anilines is 1. The highest BCUT2D eigenvalue weighted by Gasteiger charge is 2.18. The first-order valence-electron chi connectivity index (χ1n) is 8.54. The molecule has 0 saturated carbocycles. The van der Waals surface area contributed by atoms with E-state index in [1.54, 1.807) is 48.5 Å². The van der Waals surface area contributed by atoms with Gasteiger partial charge in [0.15, 0.2) is 0 Å². The van der Waals surface area contributed by atoms with Crippen LogP contribution < -0.4 is 5.32 Å². The second-order valence-corrected chi connectivity index (χ2v) is 5.98. The van der Waals surface area contributed by atoms with Gasteiger partial charge in [-0.15, -0.1) is 0 Å². The highest BCUT2D eigenvalue weighted by Crippen LogP contribution is 2.26. The number of carbonyl (C=O) groups is 1. The van der Waals surface area contributed by atoms with Crippen molar-refractivity contribution in [2.24, 2.45) is 0 Å². The van der Waals surface area contributed by atoms with Crippen molar-refractivity contribution in [3.63, 3.8) is 0 Å². The van der Waals surface area contributed by atoms with E-state index in [1.165, 1.54) is 0 Å². The summed E-state index contributed by atoms with van der Waals surface area (Å²) in [5.74, 6) is 0.382. The number of carbonyl (C=O) groups excluding carboxylic acids is 1. The second kappa shape index (κ2) is 7.56. The first kappa shape index (κ1) is 17.2. The highest BCUT2D eigenvalue weighted by molar-refractivity contribution is 6.08. The average Bonchev–Trinajstić information content (AvgIpc) is 3.25. The zero-order valence-corrected chi connectivity index (χ0v) is 14.7. The van der Waals surface area contributed by atoms with Crippen molar-refractivity contribution in [1.29, 1.82) is 5.26 Å². The highest BCUT2D eigenvalue weighted by atomic mass is 16.5. The third-order valence-corrected chi connectivity index (χ3v) is 4.11. The number of hydrogen-bond acceptors (Lipinski definition) is 5. The van der Waals surface area contributed by atoms with Crippen LogP contribution in [0.25, 0.3) is 22.8 Å². The Balaban J connectivity index is 1.65. The van der Waals surface area contributed by atoms with Crippen LogP contribution in [-0.2, 0) is 0 Å². The summed E-state index contributed by atoms with van der Waals surface area (Å²) < 4.78 is 5.40. The van der Waals surface area contributed by atoms with Gasteiger partial charge < -0.3 is 9.84 Å². The Labute approximate surface area is 161 Å². The van der Waals surface area contributed by atoms with Gasteiger partial charge in [0.2, 0.25) is 5.82 Å². The molecule has 0 radical (unpaired) electrons. The molecule has 0 spiro atoms. The van der Waals surface area contributed by atoms with Gasteiger partial charge in [-0.05, 0) is 30.3 Å². The van der Waals surface area contributed by atoms with Gasteiger partial charge in [0, 0.05) is 11.3 Å². The van der Waals surface area contributed by atoms with E-state index in [-0.39, 0.29) is 11.8 Å². The number of benzene rings is 3. The molecule has 4 rings (SSSR count). The zero-order valence-electron chi connectivity index (χ0n) is 14.7. The van der Waals surface area contributed by atoms with Gasteiger partial charge in [0.1, 0.15) is 0 Å². The summed E-state index contributed by atoms with van der Waals surface area (Å²) in [6.07, 6.45) is 0. The summed E-state index contributed by atoms with van der Waals surface area (Å²) >= 11 is 0. The van der Waals surface area contributed by atoms with Crippen LogP contribution in [0.3, 0.4) is 0 Å². The van der Waals surface area contributed by atoms with E-state index in [4.69, 9.17) is 9.78 Å². The molecule has 28 heavy (non-hydrogen) atoms. The molecule has 0 saturated heterocycles. The molecule has 6 heteroatoms. The van der Waals surface area contributed by atoms with Crippen molar-refractivity contribution in [3.05, 3.63) is 90.0 Å². The zero-order chi connectivity index (χ0) is 19.3. The SMILES string of the molecule is N#Cc1cccc(NC(=O)c2ccccc2-c2nc(-c3ccccc3)no2)c1. The molecule has 1 N–H and O–H groups in total. The third kappa shape index (κ3) is 3.50. The van der Waals surface area contributed by atoms with Crippen LogP contribution in [0, 0.1) is 11.3 Å². The third-order valence-electron chi connectivity index (χ3n) is 4.11. The Morgan fingerprint density at radius 3 is 2.57 bits per heavy atom. The fourth-order valence-electron chi connectivity index (χ4n) is 2.77. The lowest BCUT2D eigenvalue weighted by atomic mass is 10.1. The summed E-state index contributed by atoms with van der Waals surface area (Å²) in [5.41, 5.74) is 2.76. The quantitative estimate of drug-likeness (QED) is 0.573. The van der Waals surface area contributed by atoms with Crippen LogP contribution >= 0.6 is 0 Å². The smallest absolute Gasteiger partial charge is 0.259 e. The molecular weight excluding hydrogens is 352 g/mol. The van der Waals surface area contributed by atoms with Crippen LogP contribution in [0.4, 0.5) is 5.69 Å². The van der Waals surface area contributed by atoms with Gasteiger partial charge in [0.05, 0.1) is 22.8 Å². The molecule has 0 aliphatic carbocycles. The van der Waals surface area contributed by atoms with Crippen molar-refractivity contribution in [2.75, 3.05) is 5.32 Å². The van der Waals surface area contributed by atoms with Gasteiger partial charge in [-0.1, -0.05) is 53.7 Å². The topological polar surface area (TPSA) is 91.8 Å². The number of hydrogen-bond donors (Lipinski definition) is 1. The fourth-order valence-corrected chi connectivity index (χ4v) is 2.77. The molecule has 0 aliphatic heterocycles. The molecular formula is C22H14N4O2. The van der Waals surface area contributed by atoms with Crippen LogP contribution in [-0.4, -0.2) is 16.0 Å². The average molecular weight is 366 g/mol. The van der Waals surface area contributed by atoms with Crippen molar-refractivity contribution >= 4 is 11.6 Å². The van der Waals surface area contributed by atoms with E-state index in [0.29, 0.717) is 28.2 Å². The summed E-state index contributed by atoms with van der Waals surface area (Å²) in [6.45, 7) is 0. The monoisotopic (exact) mass is 366 g/mol. The molecule has 1 heterocycles. The predicted molar refractivity (Wildman–Crippen MR) is 104 cm³/mol. The molecule has 3 aromatic carbocycles. The van der Waals surface area contributed by atoms with Gasteiger partial charge in [-0.2, -0.15) is 10.2 Å². The Bertz CT molecular complexity index is 1180. The van der Waals surface area contributed by atoms with Gasteiger partial charge in [-0.25, -0.2) is 0 Å². The molecule has 0 unspecified atom stereocenters. The summed E-state index contributed by atoms with van der Waals surface area (Å²) in [6, 6.07) is 25.2. The standard InChI is InChI=1S/C22H14N4O2/c23-14-15-7-6-10-17(13-15)24-21(27)18-11-4-5-12-19(18)22-25-20(26-28-22)16-8-2-1-3-9-16/h1-13H,(H,24,27). The molecule has 134 valence electrons. The van der Waals surface area contributed by atoms with Crippen molar-refractivity contribution in [3.8, 4) is 28.9 Å². The van der Waals surface area contributed by atoms with E-state index in [1.807, 2.05) is 30.3 Å². The molecule has 6 nitrogen and oxygen atoms in total. The number of nitriles is 1. The maximum Gasteiger partial charge on any atom is 0.259 e. The first-order valence-corrected chi connectivity index (χ1v) is 8.54. The first-order chi connectivity index (χ1) is 13.7. The van der Waals surface area contributed by atoms with Gasteiger partial charge >= 0.3 is 0 Å². The lowest BCUT2D eigenvalue weighted by Gasteiger charge is -2.08. The van der Waals surface area contributed by atoms with Crippen LogP contribution in [0.5, 0.6) is 0 Å². The number of nitrogens with zero attached hydrogens (tertiary/aromatic N) is 3. The fraction of sp³-hybridized carbons (Fsp3) is 0. The molecule has 1 aromatic heterocycles. The van der Waals surface area contributed by atoms with Crippen molar-refractivity contribution in [2.45, 2.75) is 0 Å². The summed E-state index contributed by atoms with van der Waals surface area (Å²) in [4.78, 5) is 17.2. The van der Waals surface area contributed by atoms with E-state index >= 15 is 0 Å². The minimum Gasteiger partial charge on any atom is -0.334 e. The molecule has 0 atom stereocenters. The number of amides is 1. The summed E-state index contributed by atoms with van der Waals surface area (Å²) in [7, 11) is 0. The second-order valence-electron chi connectivity index (χ2n) is 5.98. The van der Waals surface area contributed by atoms with E-state index in [0.717, 1.165) is 5.56 Å². The maximum atomic E-state index is 12.8. The maximum absolute atomic E-state index is 12.8. The Morgan fingerprint density at radius 2 is 1.75 bits per heavy atom. The van der Waals surface area contributed by atoms with E-state index in [9.17, 15) is 4.79 Å². The minimum atomic E-state index is -0.329. The van der Waals surface area contributed by atoms with E-state index in [2.05, 4.69) is 21.5 Å². The van der Waals surface area contributed by atoms with Crippen LogP contribution in [0.1, 0.15) is 15.9 Å². The number of rotatable bonds is 4. The predicted octanol–water partition coefficient (Wildman–Crippen LogP) is 4.53. The molecule has 1 amide bonds. The van der Waals surface area contributed by atoms with Gasteiger partial charge in [0.25, 0.3) is 11.8 Å².